The summed E-state index contributed by atoms with van der Waals surface area (Å²) < 4.78 is 0.928. The van der Waals surface area contributed by atoms with Crippen LogP contribution in [0.5, 0.6) is 0 Å². The van der Waals surface area contributed by atoms with Gasteiger partial charge in [-0.2, -0.15) is 0 Å². The maximum absolute atomic E-state index is 12.0. The Morgan fingerprint density at radius 1 is 1.39 bits per heavy atom. The summed E-state index contributed by atoms with van der Waals surface area (Å²) in [5.74, 6) is -1.09. The number of anilines is 1. The molecule has 0 bridgehead atoms. The van der Waals surface area contributed by atoms with Gasteiger partial charge >= 0.3 is 0 Å². The predicted octanol–water partition coefficient (Wildman–Crippen LogP) is 2.41. The van der Waals surface area contributed by atoms with Crippen LogP contribution >= 0.6 is 15.9 Å². The zero-order valence-corrected chi connectivity index (χ0v) is 11.8. The Morgan fingerprint density at radius 3 is 2.39 bits per heavy atom. The van der Waals surface area contributed by atoms with Crippen molar-refractivity contribution in [2.45, 2.75) is 13.8 Å². The minimum absolute atomic E-state index is 0.0589. The number of amidine groups is 1. The maximum atomic E-state index is 12.0. The third-order valence-electron chi connectivity index (χ3n) is 2.50. The molecule has 1 rings (SSSR count). The highest BCUT2D eigenvalue weighted by Crippen LogP contribution is 2.17. The first-order chi connectivity index (χ1) is 8.45. The van der Waals surface area contributed by atoms with Gasteiger partial charge in [0.05, 0.1) is 0 Å². The molecule has 1 atom stereocenters. The molecule has 0 aliphatic heterocycles. The lowest BCUT2D eigenvalue weighted by Crippen LogP contribution is -2.38. The molecule has 0 aliphatic rings. The summed E-state index contributed by atoms with van der Waals surface area (Å²) in [5, 5.41) is 14.3. The van der Waals surface area contributed by atoms with Gasteiger partial charge in [-0.05, 0) is 30.2 Å². The molecule has 5 nitrogen and oxygen atoms in total. The zero-order chi connectivity index (χ0) is 13.7. The monoisotopic (exact) mass is 313 g/mol. The minimum atomic E-state index is -0.654. The topological polar surface area (TPSA) is 87.7 Å². The first-order valence-electron chi connectivity index (χ1n) is 5.49. The second-order valence-corrected chi connectivity index (χ2v) is 5.16. The summed E-state index contributed by atoms with van der Waals surface area (Å²) in [5.41, 5.74) is 6.19. The number of halogens is 1. The smallest absolute Gasteiger partial charge is 0.235 e. The standard InChI is InChI=1S/C12H16BrN3O2/c1-7(2)10(11(14)16-18)12(17)15-9-5-3-8(13)4-6-9/h3-7,10,18H,1-2H3,(H2,14,16)(H,15,17). The molecule has 0 saturated heterocycles. The summed E-state index contributed by atoms with van der Waals surface area (Å²) in [6.45, 7) is 3.67. The predicted molar refractivity (Wildman–Crippen MR) is 74.5 cm³/mol. The average Bonchev–Trinajstić information content (AvgIpc) is 2.31. The third kappa shape index (κ3) is 3.73. The van der Waals surface area contributed by atoms with Crippen LogP contribution in [-0.2, 0) is 4.79 Å². The van der Waals surface area contributed by atoms with Crippen molar-refractivity contribution in [2.75, 3.05) is 5.32 Å². The molecule has 0 aromatic heterocycles. The van der Waals surface area contributed by atoms with Gasteiger partial charge in [0.1, 0.15) is 5.92 Å². The number of hydrogen-bond acceptors (Lipinski definition) is 3. The van der Waals surface area contributed by atoms with Crippen molar-refractivity contribution >= 4 is 33.4 Å². The Kier molecular flexibility index (Phi) is 5.15. The summed E-state index contributed by atoms with van der Waals surface area (Å²) >= 11 is 3.31. The van der Waals surface area contributed by atoms with Crippen LogP contribution in [0.4, 0.5) is 5.69 Å². The maximum Gasteiger partial charge on any atom is 0.235 e. The van der Waals surface area contributed by atoms with Gasteiger partial charge in [-0.1, -0.05) is 34.9 Å². The van der Waals surface area contributed by atoms with E-state index in [1.165, 1.54) is 0 Å². The van der Waals surface area contributed by atoms with Gasteiger partial charge in [0.2, 0.25) is 5.91 Å². The van der Waals surface area contributed by atoms with Crippen molar-refractivity contribution in [3.8, 4) is 0 Å². The highest BCUT2D eigenvalue weighted by atomic mass is 79.9. The molecule has 1 aromatic rings. The van der Waals surface area contributed by atoms with Crippen LogP contribution in [-0.4, -0.2) is 17.0 Å². The molecule has 0 aliphatic carbocycles. The van der Waals surface area contributed by atoms with E-state index in [0.717, 1.165) is 4.47 Å². The van der Waals surface area contributed by atoms with Gasteiger partial charge in [0.25, 0.3) is 0 Å². The molecule has 1 unspecified atom stereocenters. The number of carbonyl (C=O) groups is 1. The van der Waals surface area contributed by atoms with Crippen molar-refractivity contribution in [3.63, 3.8) is 0 Å². The molecule has 0 heterocycles. The summed E-state index contributed by atoms with van der Waals surface area (Å²) in [6, 6.07) is 7.18. The molecule has 0 saturated carbocycles. The van der Waals surface area contributed by atoms with E-state index >= 15 is 0 Å². The molecule has 1 amide bonds. The Labute approximate surface area is 114 Å². The molecule has 0 radical (unpaired) electrons. The van der Waals surface area contributed by atoms with E-state index < -0.39 is 5.92 Å². The molecule has 4 N–H and O–H groups in total. The van der Waals surface area contributed by atoms with Gasteiger partial charge in [-0.3, -0.25) is 4.79 Å². The fourth-order valence-electron chi connectivity index (χ4n) is 1.59. The SMILES string of the molecule is CC(C)C(C(=O)Nc1ccc(Br)cc1)/C(N)=N/O. The Balaban J connectivity index is 2.82. The molecule has 0 fully saturated rings. The first-order valence-corrected chi connectivity index (χ1v) is 6.29. The summed E-state index contributed by atoms with van der Waals surface area (Å²) in [7, 11) is 0. The summed E-state index contributed by atoms with van der Waals surface area (Å²) in [4.78, 5) is 12.0. The normalized spacial score (nSPS) is 13.4. The van der Waals surface area contributed by atoms with Crippen LogP contribution in [0.2, 0.25) is 0 Å². The molecule has 0 spiro atoms. The second kappa shape index (κ2) is 6.39. The lowest BCUT2D eigenvalue weighted by Gasteiger charge is -2.18. The van der Waals surface area contributed by atoms with Gasteiger partial charge in [0, 0.05) is 10.2 Å². The number of rotatable bonds is 4. The zero-order valence-electron chi connectivity index (χ0n) is 10.2. The number of oxime groups is 1. The van der Waals surface area contributed by atoms with Gasteiger partial charge in [-0.15, -0.1) is 0 Å². The van der Waals surface area contributed by atoms with E-state index in [9.17, 15) is 4.79 Å². The van der Waals surface area contributed by atoms with Crippen molar-refractivity contribution in [1.29, 1.82) is 0 Å². The van der Waals surface area contributed by atoms with E-state index in [1.807, 2.05) is 26.0 Å². The van der Waals surface area contributed by atoms with E-state index in [-0.39, 0.29) is 17.7 Å². The highest BCUT2D eigenvalue weighted by Gasteiger charge is 2.26. The fraction of sp³-hybridized carbons (Fsp3) is 0.333. The molecule has 18 heavy (non-hydrogen) atoms. The fourth-order valence-corrected chi connectivity index (χ4v) is 1.86. The Morgan fingerprint density at radius 2 is 1.94 bits per heavy atom. The number of nitrogens with two attached hydrogens (primary N) is 1. The lowest BCUT2D eigenvalue weighted by atomic mass is 9.94. The lowest BCUT2D eigenvalue weighted by molar-refractivity contribution is -0.119. The third-order valence-corrected chi connectivity index (χ3v) is 3.02. The van der Waals surface area contributed by atoms with Crippen LogP contribution < -0.4 is 11.1 Å². The number of nitrogens with one attached hydrogen (secondary N) is 1. The highest BCUT2D eigenvalue weighted by molar-refractivity contribution is 9.10. The van der Waals surface area contributed by atoms with Crippen LogP contribution in [0.3, 0.4) is 0 Å². The van der Waals surface area contributed by atoms with E-state index in [0.29, 0.717) is 5.69 Å². The average molecular weight is 314 g/mol. The first kappa shape index (κ1) is 14.5. The molecule has 98 valence electrons. The van der Waals surface area contributed by atoms with Crippen LogP contribution in [0.25, 0.3) is 0 Å². The quantitative estimate of drug-likeness (QED) is 0.345. The molecular formula is C12H16BrN3O2. The van der Waals surface area contributed by atoms with Crippen LogP contribution in [0.1, 0.15) is 13.8 Å². The van der Waals surface area contributed by atoms with Gasteiger partial charge in [0.15, 0.2) is 5.84 Å². The van der Waals surface area contributed by atoms with Crippen molar-refractivity contribution < 1.29 is 10.0 Å². The Hall–Kier alpha value is -1.56. The van der Waals surface area contributed by atoms with Crippen molar-refractivity contribution in [2.24, 2.45) is 22.7 Å². The van der Waals surface area contributed by atoms with E-state index in [2.05, 4.69) is 26.4 Å². The number of nitrogens with zero attached hydrogens (tertiary/aromatic N) is 1. The largest absolute Gasteiger partial charge is 0.409 e. The van der Waals surface area contributed by atoms with Gasteiger partial charge in [-0.25, -0.2) is 0 Å². The molecule has 1 aromatic carbocycles. The van der Waals surface area contributed by atoms with E-state index in [4.69, 9.17) is 10.9 Å². The van der Waals surface area contributed by atoms with Gasteiger partial charge < -0.3 is 16.3 Å². The number of benzene rings is 1. The summed E-state index contributed by atoms with van der Waals surface area (Å²) in [6.07, 6.45) is 0. The number of amides is 1. The minimum Gasteiger partial charge on any atom is -0.409 e. The number of carbonyl (C=O) groups excluding carboxylic acids is 1. The van der Waals surface area contributed by atoms with Crippen molar-refractivity contribution in [1.82, 2.24) is 0 Å². The van der Waals surface area contributed by atoms with Crippen LogP contribution in [0.15, 0.2) is 33.9 Å². The molecule has 6 heteroatoms. The number of hydrogen-bond donors (Lipinski definition) is 3. The second-order valence-electron chi connectivity index (χ2n) is 4.24. The molecular weight excluding hydrogens is 298 g/mol. The van der Waals surface area contributed by atoms with Crippen molar-refractivity contribution in [3.05, 3.63) is 28.7 Å². The van der Waals surface area contributed by atoms with Crippen LogP contribution in [0, 0.1) is 11.8 Å². The Bertz CT molecular complexity index is 443. The van der Waals surface area contributed by atoms with E-state index in [1.54, 1.807) is 12.1 Å².